The molecule has 0 fully saturated rings. The van der Waals surface area contributed by atoms with Gasteiger partial charge in [0.15, 0.2) is 0 Å². The van der Waals surface area contributed by atoms with Crippen LogP contribution in [0, 0.1) is 0 Å². The van der Waals surface area contributed by atoms with Crippen LogP contribution in [0.4, 0.5) is 0 Å². The number of unbranched alkanes of at least 4 members (excludes halogenated alkanes) is 8. The van der Waals surface area contributed by atoms with Crippen LogP contribution in [0.2, 0.25) is 0 Å². The number of hydrogen-bond donors (Lipinski definition) is 1. The minimum Gasteiger partial charge on any atom is -0.395 e. The number of β-amino-alcohol motifs (C(OH)–C–C–N with tert-alkyl or cyclic N) is 1. The molecule has 0 aliphatic carbocycles. The lowest BCUT2D eigenvalue weighted by Crippen LogP contribution is -2.30. The van der Waals surface area contributed by atoms with Gasteiger partial charge in [-0.1, -0.05) is 51.2 Å². The second-order valence-electron chi connectivity index (χ2n) is 6.28. The molecule has 0 radical (unpaired) electrons. The largest absolute Gasteiger partial charge is 0.395 e. The molecule has 3 nitrogen and oxygen atoms in total. The number of hydrogen-bond acceptors (Lipinski definition) is 3. The Morgan fingerprint density at radius 2 is 1.68 bits per heavy atom. The Morgan fingerprint density at radius 3 is 2.41 bits per heavy atom. The smallest absolute Gasteiger partial charge is 0.0991 e. The third-order valence-corrected chi connectivity index (χ3v) is 4.31. The number of allylic oxidation sites excluding steroid dienone is 2. The number of amidine groups is 1. The van der Waals surface area contributed by atoms with Gasteiger partial charge in [0, 0.05) is 19.5 Å². The van der Waals surface area contributed by atoms with Gasteiger partial charge in [0.2, 0.25) is 0 Å². The zero-order chi connectivity index (χ0) is 15.9. The van der Waals surface area contributed by atoms with Crippen LogP contribution in [0.15, 0.2) is 17.1 Å². The average Bonchev–Trinajstić information content (AvgIpc) is 2.96. The van der Waals surface area contributed by atoms with E-state index in [1.54, 1.807) is 0 Å². The van der Waals surface area contributed by atoms with Crippen LogP contribution >= 0.6 is 0 Å². The maximum atomic E-state index is 9.02. The van der Waals surface area contributed by atoms with Crippen molar-refractivity contribution in [2.75, 3.05) is 26.2 Å². The molecule has 128 valence electrons. The summed E-state index contributed by atoms with van der Waals surface area (Å²) >= 11 is 0. The molecule has 1 heterocycles. The van der Waals surface area contributed by atoms with E-state index in [1.807, 2.05) is 0 Å². The molecule has 0 unspecified atom stereocenters. The maximum Gasteiger partial charge on any atom is 0.0991 e. The van der Waals surface area contributed by atoms with E-state index >= 15 is 0 Å². The highest BCUT2D eigenvalue weighted by molar-refractivity contribution is 5.83. The summed E-state index contributed by atoms with van der Waals surface area (Å²) in [5.41, 5.74) is 0. The van der Waals surface area contributed by atoms with Gasteiger partial charge < -0.3 is 10.0 Å². The normalized spacial score (nSPS) is 15.0. The maximum absolute atomic E-state index is 9.02. The molecular formula is C19H36N2O. The number of aliphatic imine (C=N–C) groups is 1. The van der Waals surface area contributed by atoms with E-state index in [0.29, 0.717) is 0 Å². The van der Waals surface area contributed by atoms with E-state index in [2.05, 4.69) is 29.0 Å². The molecular weight excluding hydrogens is 272 g/mol. The number of aliphatic hydroxyl groups is 1. The Bertz CT molecular complexity index is 313. The zero-order valence-corrected chi connectivity index (χ0v) is 14.6. The molecule has 1 N–H and O–H groups in total. The van der Waals surface area contributed by atoms with Crippen molar-refractivity contribution < 1.29 is 5.11 Å². The number of rotatable bonds is 14. The fourth-order valence-corrected chi connectivity index (χ4v) is 2.95. The third kappa shape index (κ3) is 9.24. The lowest BCUT2D eigenvalue weighted by atomic mass is 10.1. The van der Waals surface area contributed by atoms with Crippen LogP contribution in [-0.4, -0.2) is 42.1 Å². The van der Waals surface area contributed by atoms with E-state index in [-0.39, 0.29) is 6.61 Å². The highest BCUT2D eigenvalue weighted by Gasteiger charge is 2.14. The summed E-state index contributed by atoms with van der Waals surface area (Å²) in [6, 6.07) is 0. The van der Waals surface area contributed by atoms with Crippen molar-refractivity contribution in [2.24, 2.45) is 4.99 Å². The SMILES string of the molecule is CCCCC/C=C/CCCCCCCC1=NCCN1CCO. The van der Waals surface area contributed by atoms with Crippen molar-refractivity contribution in [2.45, 2.75) is 77.6 Å². The monoisotopic (exact) mass is 308 g/mol. The molecule has 22 heavy (non-hydrogen) atoms. The summed E-state index contributed by atoms with van der Waals surface area (Å²) in [6.07, 6.45) is 19.0. The van der Waals surface area contributed by atoms with E-state index in [1.165, 1.54) is 70.0 Å². The van der Waals surface area contributed by atoms with Crippen molar-refractivity contribution in [3.8, 4) is 0 Å². The highest BCUT2D eigenvalue weighted by atomic mass is 16.3. The van der Waals surface area contributed by atoms with Gasteiger partial charge in [0.1, 0.15) is 0 Å². The minimum atomic E-state index is 0.241. The standard InChI is InChI=1S/C19H36N2O/c1-2-3-4-5-6-7-8-9-10-11-12-13-14-19-20-15-16-21(19)17-18-22/h6-7,22H,2-5,8-18H2,1H3/b7-6+. The number of nitrogens with zero attached hydrogens (tertiary/aromatic N) is 2. The molecule has 0 saturated carbocycles. The molecule has 1 aliphatic heterocycles. The van der Waals surface area contributed by atoms with Crippen molar-refractivity contribution in [3.05, 3.63) is 12.2 Å². The molecule has 0 saturated heterocycles. The van der Waals surface area contributed by atoms with Crippen LogP contribution in [-0.2, 0) is 0 Å². The summed E-state index contributed by atoms with van der Waals surface area (Å²) in [4.78, 5) is 6.79. The van der Waals surface area contributed by atoms with E-state index in [9.17, 15) is 0 Å². The van der Waals surface area contributed by atoms with Crippen molar-refractivity contribution >= 4 is 5.84 Å². The molecule has 3 heteroatoms. The molecule has 1 rings (SSSR count). The van der Waals surface area contributed by atoms with Crippen LogP contribution < -0.4 is 0 Å². The molecule has 0 aromatic rings. The minimum absolute atomic E-state index is 0.241. The fraction of sp³-hybridized carbons (Fsp3) is 0.842. The van der Waals surface area contributed by atoms with Crippen LogP contribution in [0.3, 0.4) is 0 Å². The van der Waals surface area contributed by atoms with Gasteiger partial charge in [-0.05, 0) is 32.1 Å². The van der Waals surface area contributed by atoms with Gasteiger partial charge in [-0.2, -0.15) is 0 Å². The van der Waals surface area contributed by atoms with E-state index in [0.717, 1.165) is 26.1 Å². The first-order valence-corrected chi connectivity index (χ1v) is 9.42. The highest BCUT2D eigenvalue weighted by Crippen LogP contribution is 2.12. The molecule has 0 atom stereocenters. The predicted octanol–water partition coefficient (Wildman–Crippen LogP) is 4.56. The van der Waals surface area contributed by atoms with Crippen molar-refractivity contribution in [1.82, 2.24) is 4.90 Å². The van der Waals surface area contributed by atoms with Gasteiger partial charge in [-0.15, -0.1) is 0 Å². The molecule has 0 aromatic carbocycles. The first kappa shape index (κ1) is 19.2. The topological polar surface area (TPSA) is 35.8 Å². The molecule has 0 spiro atoms. The van der Waals surface area contributed by atoms with Crippen LogP contribution in [0.5, 0.6) is 0 Å². The van der Waals surface area contributed by atoms with Gasteiger partial charge in [-0.25, -0.2) is 0 Å². The number of aliphatic hydroxyl groups excluding tert-OH is 1. The first-order valence-electron chi connectivity index (χ1n) is 9.42. The Balaban J connectivity index is 1.87. The summed E-state index contributed by atoms with van der Waals surface area (Å²) in [5.74, 6) is 1.23. The van der Waals surface area contributed by atoms with E-state index < -0.39 is 0 Å². The Morgan fingerprint density at radius 1 is 1.00 bits per heavy atom. The van der Waals surface area contributed by atoms with Crippen molar-refractivity contribution in [1.29, 1.82) is 0 Å². The first-order chi connectivity index (χ1) is 10.9. The van der Waals surface area contributed by atoms with Crippen LogP contribution in [0.25, 0.3) is 0 Å². The second kappa shape index (κ2) is 13.8. The Labute approximate surface area is 137 Å². The lowest BCUT2D eigenvalue weighted by Gasteiger charge is -2.18. The molecule has 0 amide bonds. The molecule has 1 aliphatic rings. The van der Waals surface area contributed by atoms with Gasteiger partial charge in [0.25, 0.3) is 0 Å². The molecule has 0 bridgehead atoms. The summed E-state index contributed by atoms with van der Waals surface area (Å²) in [5, 5.41) is 9.02. The predicted molar refractivity (Wildman–Crippen MR) is 96.6 cm³/mol. The van der Waals surface area contributed by atoms with Gasteiger partial charge in [0.05, 0.1) is 19.0 Å². The summed E-state index contributed by atoms with van der Waals surface area (Å²) < 4.78 is 0. The Hall–Kier alpha value is -0.830. The third-order valence-electron chi connectivity index (χ3n) is 4.31. The summed E-state index contributed by atoms with van der Waals surface area (Å²) in [7, 11) is 0. The van der Waals surface area contributed by atoms with Crippen LogP contribution in [0.1, 0.15) is 77.6 Å². The van der Waals surface area contributed by atoms with Gasteiger partial charge >= 0.3 is 0 Å². The fourth-order valence-electron chi connectivity index (χ4n) is 2.95. The quantitative estimate of drug-likeness (QED) is 0.377. The Kier molecular flexibility index (Phi) is 12.1. The van der Waals surface area contributed by atoms with Crippen molar-refractivity contribution in [3.63, 3.8) is 0 Å². The molecule has 0 aromatic heterocycles. The zero-order valence-electron chi connectivity index (χ0n) is 14.6. The summed E-state index contributed by atoms with van der Waals surface area (Å²) in [6.45, 7) is 5.17. The lowest BCUT2D eigenvalue weighted by molar-refractivity contribution is 0.255. The average molecular weight is 309 g/mol. The van der Waals surface area contributed by atoms with E-state index in [4.69, 9.17) is 5.11 Å². The second-order valence-corrected chi connectivity index (χ2v) is 6.28. The van der Waals surface area contributed by atoms with Gasteiger partial charge in [-0.3, -0.25) is 4.99 Å².